The lowest BCUT2D eigenvalue weighted by Gasteiger charge is -2.23. The fourth-order valence-corrected chi connectivity index (χ4v) is 3.65. The van der Waals surface area contributed by atoms with Crippen LogP contribution in [0.15, 0.2) is 84.9 Å². The SMILES string of the molecule is Cc1ccc(C(=O)NC(c2ccccc2)c2c(O)ccc3ccccc23)cc1C. The summed E-state index contributed by atoms with van der Waals surface area (Å²) in [4.78, 5) is 13.1. The van der Waals surface area contributed by atoms with Crippen molar-refractivity contribution in [1.82, 2.24) is 5.32 Å². The lowest BCUT2D eigenvalue weighted by molar-refractivity contribution is 0.0943. The summed E-state index contributed by atoms with van der Waals surface area (Å²) < 4.78 is 0. The highest BCUT2D eigenvalue weighted by Gasteiger charge is 2.23. The van der Waals surface area contributed by atoms with E-state index in [0.29, 0.717) is 11.1 Å². The normalized spacial score (nSPS) is 11.9. The average Bonchev–Trinajstić information content (AvgIpc) is 2.75. The summed E-state index contributed by atoms with van der Waals surface area (Å²) in [5.41, 5.74) is 4.44. The van der Waals surface area contributed by atoms with E-state index in [1.807, 2.05) is 92.7 Å². The second-order valence-electron chi connectivity index (χ2n) is 7.34. The van der Waals surface area contributed by atoms with Crippen LogP contribution in [0.4, 0.5) is 0 Å². The van der Waals surface area contributed by atoms with Crippen LogP contribution in [0.2, 0.25) is 0 Å². The van der Waals surface area contributed by atoms with E-state index in [-0.39, 0.29) is 11.7 Å². The second kappa shape index (κ2) is 7.80. The van der Waals surface area contributed by atoms with Crippen molar-refractivity contribution < 1.29 is 9.90 Å². The van der Waals surface area contributed by atoms with Gasteiger partial charge >= 0.3 is 0 Å². The summed E-state index contributed by atoms with van der Waals surface area (Å²) in [5.74, 6) is -0.00720. The summed E-state index contributed by atoms with van der Waals surface area (Å²) in [6.45, 7) is 4.02. The maximum absolute atomic E-state index is 13.1. The van der Waals surface area contributed by atoms with Gasteiger partial charge in [0.1, 0.15) is 5.75 Å². The molecule has 0 saturated heterocycles. The van der Waals surface area contributed by atoms with Crippen molar-refractivity contribution in [2.24, 2.45) is 0 Å². The minimum Gasteiger partial charge on any atom is -0.508 e. The van der Waals surface area contributed by atoms with Gasteiger partial charge < -0.3 is 10.4 Å². The summed E-state index contributed by atoms with van der Waals surface area (Å²) in [6.07, 6.45) is 0. The van der Waals surface area contributed by atoms with Gasteiger partial charge in [-0.15, -0.1) is 0 Å². The van der Waals surface area contributed by atoms with Crippen LogP contribution in [-0.2, 0) is 0 Å². The Morgan fingerprint density at radius 2 is 1.55 bits per heavy atom. The third-order valence-corrected chi connectivity index (χ3v) is 5.41. The number of aryl methyl sites for hydroxylation is 2. The number of carbonyl (C=O) groups excluding carboxylic acids is 1. The fourth-order valence-electron chi connectivity index (χ4n) is 3.65. The van der Waals surface area contributed by atoms with Gasteiger partial charge in [-0.2, -0.15) is 0 Å². The Kier molecular flexibility index (Phi) is 5.05. The smallest absolute Gasteiger partial charge is 0.252 e. The summed E-state index contributed by atoms with van der Waals surface area (Å²) in [7, 11) is 0. The number of hydrogen-bond donors (Lipinski definition) is 2. The highest BCUT2D eigenvalue weighted by Crippen LogP contribution is 2.36. The van der Waals surface area contributed by atoms with Gasteiger partial charge in [-0.25, -0.2) is 0 Å². The molecule has 0 fully saturated rings. The fraction of sp³-hybridized carbons (Fsp3) is 0.115. The summed E-state index contributed by atoms with van der Waals surface area (Å²) in [5, 5.41) is 15.8. The molecule has 3 heteroatoms. The van der Waals surface area contributed by atoms with Gasteiger partial charge in [0.15, 0.2) is 0 Å². The third-order valence-electron chi connectivity index (χ3n) is 5.41. The lowest BCUT2D eigenvalue weighted by Crippen LogP contribution is -2.29. The molecule has 0 aliphatic heterocycles. The Labute approximate surface area is 170 Å². The molecule has 0 radical (unpaired) electrons. The molecular formula is C26H23NO2. The van der Waals surface area contributed by atoms with E-state index in [1.54, 1.807) is 6.07 Å². The van der Waals surface area contributed by atoms with E-state index in [9.17, 15) is 9.90 Å². The largest absolute Gasteiger partial charge is 0.508 e. The second-order valence-corrected chi connectivity index (χ2v) is 7.34. The van der Waals surface area contributed by atoms with Crippen molar-refractivity contribution in [3.63, 3.8) is 0 Å². The molecule has 4 aromatic rings. The maximum Gasteiger partial charge on any atom is 0.252 e. The van der Waals surface area contributed by atoms with Crippen LogP contribution >= 0.6 is 0 Å². The van der Waals surface area contributed by atoms with Crippen LogP contribution in [0.3, 0.4) is 0 Å². The van der Waals surface area contributed by atoms with Crippen LogP contribution in [0, 0.1) is 13.8 Å². The summed E-state index contributed by atoms with van der Waals surface area (Å²) >= 11 is 0. The van der Waals surface area contributed by atoms with Crippen molar-refractivity contribution in [3.8, 4) is 5.75 Å². The van der Waals surface area contributed by atoms with E-state index in [0.717, 1.165) is 27.5 Å². The maximum atomic E-state index is 13.1. The zero-order valence-corrected chi connectivity index (χ0v) is 16.5. The molecule has 1 atom stereocenters. The molecule has 2 N–H and O–H groups in total. The molecule has 0 bridgehead atoms. The van der Waals surface area contributed by atoms with Crippen molar-refractivity contribution >= 4 is 16.7 Å². The van der Waals surface area contributed by atoms with Crippen LogP contribution in [0.1, 0.15) is 38.7 Å². The molecule has 4 aromatic carbocycles. The molecule has 1 unspecified atom stereocenters. The zero-order valence-electron chi connectivity index (χ0n) is 16.5. The Bertz CT molecular complexity index is 1180. The first-order valence-corrected chi connectivity index (χ1v) is 9.68. The van der Waals surface area contributed by atoms with E-state index in [2.05, 4.69) is 5.32 Å². The Morgan fingerprint density at radius 3 is 2.31 bits per heavy atom. The van der Waals surface area contributed by atoms with Gasteiger partial charge in [-0.1, -0.05) is 66.7 Å². The molecule has 29 heavy (non-hydrogen) atoms. The Hall–Kier alpha value is -3.59. The molecule has 4 rings (SSSR count). The number of carbonyl (C=O) groups is 1. The quantitative estimate of drug-likeness (QED) is 0.478. The van der Waals surface area contributed by atoms with Gasteiger partial charge in [0, 0.05) is 11.1 Å². The highest BCUT2D eigenvalue weighted by molar-refractivity contribution is 5.96. The number of phenolic OH excluding ortho intramolecular Hbond substituents is 1. The molecule has 144 valence electrons. The van der Waals surface area contributed by atoms with E-state index in [1.165, 1.54) is 0 Å². The van der Waals surface area contributed by atoms with Gasteiger partial charge in [0.25, 0.3) is 5.91 Å². The van der Waals surface area contributed by atoms with Gasteiger partial charge in [-0.05, 0) is 59.5 Å². The predicted octanol–water partition coefficient (Wildman–Crippen LogP) is 5.68. The molecule has 0 aromatic heterocycles. The van der Waals surface area contributed by atoms with Crippen molar-refractivity contribution in [3.05, 3.63) is 113 Å². The molecular weight excluding hydrogens is 358 g/mol. The first-order valence-electron chi connectivity index (χ1n) is 9.68. The van der Waals surface area contributed by atoms with Crippen LogP contribution in [0.25, 0.3) is 10.8 Å². The molecule has 0 aliphatic rings. The minimum atomic E-state index is -0.476. The van der Waals surface area contributed by atoms with Gasteiger partial charge in [0.05, 0.1) is 6.04 Å². The number of benzene rings is 4. The number of aromatic hydroxyl groups is 1. The number of nitrogens with one attached hydrogen (secondary N) is 1. The molecule has 0 saturated carbocycles. The number of rotatable bonds is 4. The van der Waals surface area contributed by atoms with E-state index >= 15 is 0 Å². The van der Waals surface area contributed by atoms with Crippen LogP contribution in [-0.4, -0.2) is 11.0 Å². The number of amides is 1. The van der Waals surface area contributed by atoms with Gasteiger partial charge in [0.2, 0.25) is 0 Å². The number of fused-ring (bicyclic) bond motifs is 1. The molecule has 0 heterocycles. The zero-order chi connectivity index (χ0) is 20.4. The first kappa shape index (κ1) is 18.8. The summed E-state index contributed by atoms with van der Waals surface area (Å²) in [6, 6.07) is 26.4. The minimum absolute atomic E-state index is 0.165. The standard InChI is InChI=1S/C26H23NO2/c1-17-12-13-21(16-18(17)2)26(29)27-25(20-9-4-3-5-10-20)24-22-11-7-6-8-19(22)14-15-23(24)28/h3-16,25,28H,1-2H3,(H,27,29). The highest BCUT2D eigenvalue weighted by atomic mass is 16.3. The molecule has 0 aliphatic carbocycles. The lowest BCUT2D eigenvalue weighted by atomic mass is 9.92. The van der Waals surface area contributed by atoms with Crippen LogP contribution in [0.5, 0.6) is 5.75 Å². The topological polar surface area (TPSA) is 49.3 Å². The van der Waals surface area contributed by atoms with Crippen molar-refractivity contribution in [2.45, 2.75) is 19.9 Å². The molecule has 3 nitrogen and oxygen atoms in total. The Balaban J connectivity index is 1.83. The number of hydrogen-bond acceptors (Lipinski definition) is 2. The first-order chi connectivity index (χ1) is 14.0. The number of phenols is 1. The van der Waals surface area contributed by atoms with E-state index in [4.69, 9.17) is 0 Å². The molecule has 1 amide bonds. The van der Waals surface area contributed by atoms with Crippen molar-refractivity contribution in [1.29, 1.82) is 0 Å². The third kappa shape index (κ3) is 3.72. The predicted molar refractivity (Wildman–Crippen MR) is 117 cm³/mol. The van der Waals surface area contributed by atoms with E-state index < -0.39 is 6.04 Å². The average molecular weight is 381 g/mol. The molecule has 0 spiro atoms. The van der Waals surface area contributed by atoms with Gasteiger partial charge in [-0.3, -0.25) is 4.79 Å². The van der Waals surface area contributed by atoms with Crippen molar-refractivity contribution in [2.75, 3.05) is 0 Å². The Morgan fingerprint density at radius 1 is 0.828 bits per heavy atom. The van der Waals surface area contributed by atoms with Crippen LogP contribution < -0.4 is 5.32 Å². The monoisotopic (exact) mass is 381 g/mol.